The molecule has 2 heterocycles. The smallest absolute Gasteiger partial charge is 0.416 e. The summed E-state index contributed by atoms with van der Waals surface area (Å²) in [5, 5.41) is 0.598. The van der Waals surface area contributed by atoms with Crippen LogP contribution in [0.25, 0.3) is 21.9 Å². The van der Waals surface area contributed by atoms with Crippen LogP contribution in [0.4, 0.5) is 13.2 Å². The third kappa shape index (κ3) is 3.12. The minimum absolute atomic E-state index is 0.0304. The first-order valence-corrected chi connectivity index (χ1v) is 7.97. The lowest BCUT2D eigenvalue weighted by Gasteiger charge is -2.08. The molecule has 4 aromatic rings. The van der Waals surface area contributed by atoms with Crippen LogP contribution in [0.3, 0.4) is 0 Å². The topological polar surface area (TPSA) is 60.4 Å². The Bertz CT molecular complexity index is 1270. The van der Waals surface area contributed by atoms with Crippen molar-refractivity contribution in [1.29, 1.82) is 0 Å². The molecule has 2 aromatic carbocycles. The molecule has 0 aliphatic rings. The van der Waals surface area contributed by atoms with Crippen molar-refractivity contribution in [3.63, 3.8) is 0 Å². The molecule has 0 aliphatic carbocycles. The van der Waals surface area contributed by atoms with Gasteiger partial charge in [-0.15, -0.1) is 0 Å². The first-order chi connectivity index (χ1) is 12.8. The largest absolute Gasteiger partial charge is 0.422 e. The van der Waals surface area contributed by atoms with Crippen molar-refractivity contribution >= 4 is 21.9 Å². The minimum atomic E-state index is -4.43. The van der Waals surface area contributed by atoms with E-state index in [4.69, 9.17) is 8.83 Å². The van der Waals surface area contributed by atoms with Crippen LogP contribution in [-0.2, 0) is 12.6 Å². The zero-order valence-corrected chi connectivity index (χ0v) is 13.7. The van der Waals surface area contributed by atoms with Gasteiger partial charge in [0, 0.05) is 12.0 Å². The molecule has 0 bridgehead atoms. The summed E-state index contributed by atoms with van der Waals surface area (Å²) in [6.45, 7) is 0. The summed E-state index contributed by atoms with van der Waals surface area (Å²) in [5.41, 5.74) is -1.01. The van der Waals surface area contributed by atoms with Gasteiger partial charge < -0.3 is 8.83 Å². The lowest BCUT2D eigenvalue weighted by atomic mass is 10.0. The molecule has 0 atom stereocenters. The van der Waals surface area contributed by atoms with Gasteiger partial charge in [-0.05, 0) is 35.9 Å². The fourth-order valence-electron chi connectivity index (χ4n) is 2.92. The molecule has 0 saturated heterocycles. The van der Waals surface area contributed by atoms with E-state index in [1.54, 1.807) is 24.3 Å². The highest BCUT2D eigenvalue weighted by Crippen LogP contribution is 2.29. The Labute approximate surface area is 149 Å². The molecule has 7 heteroatoms. The quantitative estimate of drug-likeness (QED) is 0.384. The first-order valence-electron chi connectivity index (χ1n) is 7.97. The number of fused-ring (bicyclic) bond motifs is 3. The van der Waals surface area contributed by atoms with Crippen LogP contribution in [-0.4, -0.2) is 0 Å². The number of para-hydroxylation sites is 1. The molecule has 4 rings (SSSR count). The number of alkyl halides is 3. The fraction of sp³-hybridized carbons (Fsp3) is 0.100. The molecule has 0 unspecified atom stereocenters. The molecular weight excluding hydrogens is 361 g/mol. The third-order valence-corrected chi connectivity index (χ3v) is 4.25. The standard InChI is InChI=1S/C20H11F3O4/c21-20(22,23)13-7-5-11(6-8-13)9-12-10-15-17(27-18(12)24)14-3-1-2-4-16(14)26-19(15)25/h1-8,10H,9H2. The van der Waals surface area contributed by atoms with Crippen LogP contribution < -0.4 is 11.3 Å². The number of hydrogen-bond donors (Lipinski definition) is 0. The molecule has 136 valence electrons. The molecule has 0 saturated carbocycles. The average molecular weight is 372 g/mol. The highest BCUT2D eigenvalue weighted by molar-refractivity contribution is 6.00. The predicted molar refractivity (Wildman–Crippen MR) is 92.8 cm³/mol. The predicted octanol–water partition coefficient (Wildman–Crippen LogP) is 4.51. The fourth-order valence-corrected chi connectivity index (χ4v) is 2.92. The monoisotopic (exact) mass is 372 g/mol. The maximum atomic E-state index is 12.6. The van der Waals surface area contributed by atoms with Gasteiger partial charge in [0.05, 0.1) is 10.9 Å². The van der Waals surface area contributed by atoms with E-state index in [9.17, 15) is 22.8 Å². The summed E-state index contributed by atoms with van der Waals surface area (Å²) in [6, 6.07) is 12.5. The van der Waals surface area contributed by atoms with Gasteiger partial charge in [-0.25, -0.2) is 9.59 Å². The van der Waals surface area contributed by atoms with Crippen molar-refractivity contribution in [3.05, 3.63) is 92.1 Å². The second kappa shape index (κ2) is 6.12. The van der Waals surface area contributed by atoms with Gasteiger partial charge >= 0.3 is 17.4 Å². The van der Waals surface area contributed by atoms with Gasteiger partial charge in [0.15, 0.2) is 5.58 Å². The van der Waals surface area contributed by atoms with Crippen LogP contribution in [0.5, 0.6) is 0 Å². The van der Waals surface area contributed by atoms with Crippen molar-refractivity contribution in [2.75, 3.05) is 0 Å². The highest BCUT2D eigenvalue weighted by atomic mass is 19.4. The summed E-state index contributed by atoms with van der Waals surface area (Å²) in [4.78, 5) is 24.5. The normalized spacial score (nSPS) is 12.0. The van der Waals surface area contributed by atoms with Gasteiger partial charge in [-0.2, -0.15) is 13.2 Å². The lowest BCUT2D eigenvalue weighted by molar-refractivity contribution is -0.137. The summed E-state index contributed by atoms with van der Waals surface area (Å²) in [6.07, 6.45) is -4.40. The molecular formula is C20H11F3O4. The first kappa shape index (κ1) is 17.1. The van der Waals surface area contributed by atoms with E-state index < -0.39 is 23.0 Å². The van der Waals surface area contributed by atoms with Crippen LogP contribution in [0.1, 0.15) is 16.7 Å². The molecule has 0 spiro atoms. The number of halogens is 3. The number of rotatable bonds is 2. The molecule has 4 nitrogen and oxygen atoms in total. The van der Waals surface area contributed by atoms with E-state index in [1.165, 1.54) is 18.2 Å². The third-order valence-electron chi connectivity index (χ3n) is 4.25. The Balaban J connectivity index is 1.80. The Kier molecular flexibility index (Phi) is 3.87. The van der Waals surface area contributed by atoms with E-state index in [2.05, 4.69) is 0 Å². The lowest BCUT2D eigenvalue weighted by Crippen LogP contribution is -2.11. The van der Waals surface area contributed by atoms with Gasteiger partial charge in [-0.3, -0.25) is 0 Å². The summed E-state index contributed by atoms with van der Waals surface area (Å²) < 4.78 is 48.5. The second-order valence-electron chi connectivity index (χ2n) is 6.06. The average Bonchev–Trinajstić information content (AvgIpc) is 2.63. The van der Waals surface area contributed by atoms with E-state index in [-0.39, 0.29) is 23.0 Å². The van der Waals surface area contributed by atoms with Crippen LogP contribution >= 0.6 is 0 Å². The molecule has 0 amide bonds. The summed E-state index contributed by atoms with van der Waals surface area (Å²) in [7, 11) is 0. The van der Waals surface area contributed by atoms with Crippen molar-refractivity contribution in [1.82, 2.24) is 0 Å². The number of benzene rings is 2. The van der Waals surface area contributed by atoms with Crippen LogP contribution in [0.15, 0.2) is 73.0 Å². The molecule has 0 radical (unpaired) electrons. The summed E-state index contributed by atoms with van der Waals surface area (Å²) >= 11 is 0. The summed E-state index contributed by atoms with van der Waals surface area (Å²) in [5.74, 6) is 0. The van der Waals surface area contributed by atoms with Crippen molar-refractivity contribution in [2.45, 2.75) is 12.6 Å². The van der Waals surface area contributed by atoms with Crippen molar-refractivity contribution in [2.24, 2.45) is 0 Å². The Morgan fingerprint density at radius 1 is 0.815 bits per heavy atom. The Hall–Kier alpha value is -3.35. The molecule has 27 heavy (non-hydrogen) atoms. The molecule has 2 aromatic heterocycles. The minimum Gasteiger partial charge on any atom is -0.422 e. The van der Waals surface area contributed by atoms with Gasteiger partial charge in [0.1, 0.15) is 11.0 Å². The SMILES string of the molecule is O=c1oc2c(cc1Cc1ccc(C(F)(F)F)cc1)c(=O)oc1ccccc12. The maximum absolute atomic E-state index is 12.6. The van der Waals surface area contributed by atoms with Crippen molar-refractivity contribution in [3.8, 4) is 0 Å². The highest BCUT2D eigenvalue weighted by Gasteiger charge is 2.29. The van der Waals surface area contributed by atoms with E-state index in [0.29, 0.717) is 16.5 Å². The molecule has 0 aliphatic heterocycles. The number of hydrogen-bond acceptors (Lipinski definition) is 4. The Morgan fingerprint density at radius 3 is 2.22 bits per heavy atom. The maximum Gasteiger partial charge on any atom is 0.416 e. The van der Waals surface area contributed by atoms with E-state index in [0.717, 1.165) is 12.1 Å². The van der Waals surface area contributed by atoms with E-state index in [1.807, 2.05) is 0 Å². The molecule has 0 fully saturated rings. The zero-order chi connectivity index (χ0) is 19.2. The second-order valence-corrected chi connectivity index (χ2v) is 6.06. The van der Waals surface area contributed by atoms with Gasteiger partial charge in [-0.1, -0.05) is 24.3 Å². The van der Waals surface area contributed by atoms with Gasteiger partial charge in [0.25, 0.3) is 0 Å². The van der Waals surface area contributed by atoms with E-state index >= 15 is 0 Å². The van der Waals surface area contributed by atoms with Crippen LogP contribution in [0, 0.1) is 0 Å². The zero-order valence-electron chi connectivity index (χ0n) is 13.7. The van der Waals surface area contributed by atoms with Gasteiger partial charge in [0.2, 0.25) is 0 Å². The molecule has 0 N–H and O–H groups in total. The van der Waals surface area contributed by atoms with Crippen molar-refractivity contribution < 1.29 is 22.0 Å². The Morgan fingerprint density at radius 2 is 1.52 bits per heavy atom. The van der Waals surface area contributed by atoms with Crippen LogP contribution in [0.2, 0.25) is 0 Å².